The lowest BCUT2D eigenvalue weighted by molar-refractivity contribution is -0.143. The third-order valence-corrected chi connectivity index (χ3v) is 11.5. The molecular weight excluding hydrogens is 749 g/mol. The number of halogens is 9. The molecule has 4 amide bonds. The van der Waals surface area contributed by atoms with Crippen LogP contribution in [-0.4, -0.2) is 57.5 Å². The molecule has 6 unspecified atom stereocenters. The van der Waals surface area contributed by atoms with Crippen LogP contribution in [0.3, 0.4) is 0 Å². The molecule has 8 nitrogen and oxygen atoms in total. The first-order valence-corrected chi connectivity index (χ1v) is 15.4. The minimum atomic E-state index is -5.24. The van der Waals surface area contributed by atoms with E-state index in [2.05, 4.69) is 15.9 Å². The summed E-state index contributed by atoms with van der Waals surface area (Å²) in [5, 5.41) is 10.5. The van der Waals surface area contributed by atoms with Crippen LogP contribution in [0.2, 0.25) is 0 Å². The molecule has 17 heteroatoms. The number of likely N-dealkylation sites (tertiary alicyclic amines) is 1. The number of hydrogen-bond acceptors (Lipinski definition) is 6. The van der Waals surface area contributed by atoms with Crippen molar-refractivity contribution in [3.63, 3.8) is 0 Å². The van der Waals surface area contributed by atoms with Crippen LogP contribution in [0, 0.1) is 17.8 Å². The molecule has 2 aromatic rings. The number of amides is 4. The summed E-state index contributed by atoms with van der Waals surface area (Å²) in [6.45, 7) is 0. The number of fused-ring (bicyclic) bond motifs is 4. The molecule has 6 rings (SSSR count). The molecule has 47 heavy (non-hydrogen) atoms. The van der Waals surface area contributed by atoms with Gasteiger partial charge in [-0.05, 0) is 70.6 Å². The van der Waals surface area contributed by atoms with Crippen molar-refractivity contribution in [2.75, 3.05) is 19.1 Å². The number of phenols is 1. The van der Waals surface area contributed by atoms with Gasteiger partial charge in [-0.2, -0.15) is 26.3 Å². The lowest BCUT2D eigenvalue weighted by Crippen LogP contribution is -2.60. The number of carbonyl (C=O) groups excluding carboxylic acids is 4. The molecule has 250 valence electrons. The first kappa shape index (κ1) is 33.6. The van der Waals surface area contributed by atoms with Crippen LogP contribution < -0.4 is 9.64 Å². The molecular formula is C30H21BrCl2F6N2O6. The van der Waals surface area contributed by atoms with E-state index in [9.17, 15) is 50.6 Å². The van der Waals surface area contributed by atoms with Gasteiger partial charge in [0.2, 0.25) is 11.8 Å². The Labute approximate surface area is 280 Å². The third kappa shape index (κ3) is 4.62. The van der Waals surface area contributed by atoms with Gasteiger partial charge < -0.3 is 9.84 Å². The monoisotopic (exact) mass is 768 g/mol. The number of ether oxygens (including phenoxy) is 1. The molecule has 0 spiro atoms. The zero-order valence-electron chi connectivity index (χ0n) is 24.0. The summed E-state index contributed by atoms with van der Waals surface area (Å²) in [4.78, 5) is 51.7. The number of allylic oxidation sites excluding steroid dienone is 2. The number of hydrogen-bond donors (Lipinski definition) is 1. The molecule has 2 aliphatic carbocycles. The van der Waals surface area contributed by atoms with Crippen LogP contribution in [-0.2, 0) is 31.5 Å². The normalized spacial score (nSPS) is 30.7. The lowest BCUT2D eigenvalue weighted by atomic mass is 9.56. The maximum absolute atomic E-state index is 14.1. The summed E-state index contributed by atoms with van der Waals surface area (Å²) >= 11 is 17.4. The van der Waals surface area contributed by atoms with E-state index in [1.54, 1.807) is 0 Å². The number of methoxy groups -OCH3 is 1. The Morgan fingerprint density at radius 3 is 2.06 bits per heavy atom. The van der Waals surface area contributed by atoms with E-state index in [4.69, 9.17) is 27.9 Å². The molecule has 0 radical (unpaired) electrons. The maximum atomic E-state index is 14.1. The zero-order valence-corrected chi connectivity index (χ0v) is 27.1. The maximum Gasteiger partial charge on any atom is 0.416 e. The molecule has 0 aromatic heterocycles. The number of anilines is 1. The number of phenolic OH excluding ortho intramolecular Hbond substituents is 1. The first-order chi connectivity index (χ1) is 21.7. The third-order valence-electron chi connectivity index (χ3n) is 9.45. The van der Waals surface area contributed by atoms with Gasteiger partial charge in [0, 0.05) is 13.0 Å². The largest absolute Gasteiger partial charge is 0.503 e. The summed E-state index contributed by atoms with van der Waals surface area (Å²) in [5.74, 6) is -9.28. The SMILES string of the molecule is COc1cc(C2C3=CCC4C(=O)N(c5cc(C(F)(F)F)cc(C(F)(F)F)c5)C(=O)C4C3CC3(Cl)C(=O)N(C)C(=O)C23Cl)cc(Br)c1O. The van der Waals surface area contributed by atoms with Crippen molar-refractivity contribution >= 4 is 68.4 Å². The van der Waals surface area contributed by atoms with Crippen LogP contribution in [0.4, 0.5) is 32.0 Å². The molecule has 3 fully saturated rings. The quantitative estimate of drug-likeness (QED) is 0.168. The van der Waals surface area contributed by atoms with Gasteiger partial charge in [-0.25, -0.2) is 4.90 Å². The van der Waals surface area contributed by atoms with Gasteiger partial charge in [0.15, 0.2) is 21.2 Å². The van der Waals surface area contributed by atoms with Crippen molar-refractivity contribution in [3.8, 4) is 11.5 Å². The molecule has 4 aliphatic rings. The van der Waals surface area contributed by atoms with Crippen molar-refractivity contribution in [2.45, 2.75) is 40.9 Å². The van der Waals surface area contributed by atoms with Gasteiger partial charge in [-0.3, -0.25) is 24.1 Å². The summed E-state index contributed by atoms with van der Waals surface area (Å²) in [6.07, 6.45) is -9.61. The summed E-state index contributed by atoms with van der Waals surface area (Å²) in [7, 11) is 2.43. The number of carbonyl (C=O) groups is 4. The highest BCUT2D eigenvalue weighted by Gasteiger charge is 2.76. The topological polar surface area (TPSA) is 104 Å². The summed E-state index contributed by atoms with van der Waals surface area (Å²) in [5.41, 5.74) is -3.83. The number of imide groups is 2. The predicted molar refractivity (Wildman–Crippen MR) is 157 cm³/mol. The second-order valence-electron chi connectivity index (χ2n) is 11.8. The molecule has 1 N–H and O–H groups in total. The van der Waals surface area contributed by atoms with Crippen molar-refractivity contribution < 1.29 is 55.4 Å². The highest BCUT2D eigenvalue weighted by molar-refractivity contribution is 9.10. The van der Waals surface area contributed by atoms with Crippen molar-refractivity contribution in [1.29, 1.82) is 0 Å². The Balaban J connectivity index is 1.52. The number of benzene rings is 2. The van der Waals surface area contributed by atoms with E-state index in [0.717, 1.165) is 4.90 Å². The molecule has 1 saturated carbocycles. The van der Waals surface area contributed by atoms with Crippen LogP contribution >= 0.6 is 39.1 Å². The van der Waals surface area contributed by atoms with Gasteiger partial charge >= 0.3 is 12.4 Å². The second kappa shape index (κ2) is 10.6. The Morgan fingerprint density at radius 1 is 0.915 bits per heavy atom. The van der Waals surface area contributed by atoms with Crippen LogP contribution in [0.5, 0.6) is 11.5 Å². The molecule has 2 saturated heterocycles. The highest BCUT2D eigenvalue weighted by Crippen LogP contribution is 2.66. The number of rotatable bonds is 3. The van der Waals surface area contributed by atoms with E-state index in [0.29, 0.717) is 22.6 Å². The molecule has 6 atom stereocenters. The van der Waals surface area contributed by atoms with E-state index >= 15 is 0 Å². The van der Waals surface area contributed by atoms with Gasteiger partial charge in [0.05, 0.1) is 40.2 Å². The van der Waals surface area contributed by atoms with Crippen molar-refractivity contribution in [1.82, 2.24) is 4.90 Å². The van der Waals surface area contributed by atoms with Gasteiger partial charge in [0.25, 0.3) is 11.8 Å². The Hall–Kier alpha value is -3.30. The van der Waals surface area contributed by atoms with Crippen LogP contribution in [0.15, 0.2) is 46.5 Å². The van der Waals surface area contributed by atoms with Gasteiger partial charge in [-0.1, -0.05) is 11.6 Å². The number of aromatic hydroxyl groups is 1. The minimum absolute atomic E-state index is 0.0559. The van der Waals surface area contributed by atoms with E-state index < -0.39 is 92.6 Å². The summed E-state index contributed by atoms with van der Waals surface area (Å²) < 4.78 is 87.4. The van der Waals surface area contributed by atoms with E-state index in [1.165, 1.54) is 32.4 Å². The fourth-order valence-corrected chi connectivity index (χ4v) is 8.84. The number of alkyl halides is 8. The lowest BCUT2D eigenvalue weighted by Gasteiger charge is -2.50. The predicted octanol–water partition coefficient (Wildman–Crippen LogP) is 6.39. The average molecular weight is 770 g/mol. The van der Waals surface area contributed by atoms with Crippen LogP contribution in [0.25, 0.3) is 0 Å². The van der Waals surface area contributed by atoms with E-state index in [-0.39, 0.29) is 34.0 Å². The van der Waals surface area contributed by atoms with Crippen LogP contribution in [0.1, 0.15) is 35.4 Å². The molecule has 2 aromatic carbocycles. The van der Waals surface area contributed by atoms with Crippen molar-refractivity contribution in [3.05, 3.63) is 63.1 Å². The highest BCUT2D eigenvalue weighted by atomic mass is 79.9. The van der Waals surface area contributed by atoms with Gasteiger partial charge in [0.1, 0.15) is 0 Å². The molecule has 2 aliphatic heterocycles. The summed E-state index contributed by atoms with van der Waals surface area (Å²) in [6, 6.07) is 3.23. The van der Waals surface area contributed by atoms with E-state index in [1.807, 2.05) is 0 Å². The van der Waals surface area contributed by atoms with Crippen molar-refractivity contribution in [2.24, 2.45) is 17.8 Å². The zero-order chi connectivity index (χ0) is 34.8. The fourth-order valence-electron chi connectivity index (χ4n) is 7.36. The Bertz CT molecular complexity index is 1790. The minimum Gasteiger partial charge on any atom is -0.503 e. The smallest absolute Gasteiger partial charge is 0.416 e. The first-order valence-electron chi connectivity index (χ1n) is 13.8. The average Bonchev–Trinajstić information content (AvgIpc) is 3.32. The number of nitrogens with zero attached hydrogens (tertiary/aromatic N) is 2. The standard InChI is InChI=1S/C30H21BrCl2F6N2O6/c1-40-25(45)27(32)10-17-15(21(28(27,33)26(40)46)11-5-18(31)22(42)19(6-11)47-2)3-4-16-20(17)24(44)41(23(16)43)14-8-12(29(34,35)36)7-13(9-14)30(37,38)39/h3,5-9,16-17,20-21,42H,4,10H2,1-2H3. The van der Waals surface area contributed by atoms with Gasteiger partial charge in [-0.15, -0.1) is 23.2 Å². The second-order valence-corrected chi connectivity index (χ2v) is 13.9. The molecule has 2 heterocycles. The Kier molecular flexibility index (Phi) is 7.58. The Morgan fingerprint density at radius 2 is 1.51 bits per heavy atom. The molecule has 0 bridgehead atoms. The fraction of sp³-hybridized carbons (Fsp3) is 0.400.